The number of aryl methyl sites for hydroxylation is 3. The molecule has 2 aromatic rings. The number of amides is 2. The molecule has 2 aliphatic rings. The molecule has 4 heterocycles. The minimum absolute atomic E-state index is 0.0508. The third kappa shape index (κ3) is 5.29. The zero-order chi connectivity index (χ0) is 22.4. The van der Waals surface area contributed by atoms with Crippen molar-refractivity contribution < 1.29 is 24.2 Å². The van der Waals surface area contributed by atoms with E-state index in [9.17, 15) is 9.59 Å². The van der Waals surface area contributed by atoms with E-state index < -0.39 is 0 Å². The van der Waals surface area contributed by atoms with Crippen LogP contribution in [0.2, 0.25) is 0 Å². The Labute approximate surface area is 180 Å². The van der Waals surface area contributed by atoms with Crippen molar-refractivity contribution in [3.05, 3.63) is 34.4 Å². The van der Waals surface area contributed by atoms with Gasteiger partial charge in [0, 0.05) is 43.9 Å². The molecule has 168 valence electrons. The number of carbonyl (C=O) groups is 3. The summed E-state index contributed by atoms with van der Waals surface area (Å²) in [5, 5.41) is 18.5. The van der Waals surface area contributed by atoms with Crippen LogP contribution in [-0.4, -0.2) is 86.0 Å². The monoisotopic (exact) mass is 432 g/mol. The molecule has 0 bridgehead atoms. The maximum atomic E-state index is 12.7. The number of morpholine rings is 1. The summed E-state index contributed by atoms with van der Waals surface area (Å²) in [5.74, 6) is 0.0407. The van der Waals surface area contributed by atoms with Gasteiger partial charge in [-0.05, 0) is 26.3 Å². The van der Waals surface area contributed by atoms with E-state index in [1.54, 1.807) is 4.90 Å². The first-order valence-corrected chi connectivity index (χ1v) is 10.2. The lowest BCUT2D eigenvalue weighted by Crippen LogP contribution is -2.41. The lowest BCUT2D eigenvalue weighted by molar-refractivity contribution is -0.132. The van der Waals surface area contributed by atoms with E-state index in [2.05, 4.69) is 15.3 Å². The van der Waals surface area contributed by atoms with Crippen LogP contribution in [0, 0.1) is 13.8 Å². The summed E-state index contributed by atoms with van der Waals surface area (Å²) in [6.07, 6.45) is 1.05. The van der Waals surface area contributed by atoms with Crippen molar-refractivity contribution in [2.75, 3.05) is 32.8 Å². The minimum atomic E-state index is -0.250. The van der Waals surface area contributed by atoms with Crippen LogP contribution in [0.3, 0.4) is 0 Å². The standard InChI is InChI=1S/C19H26N6O3.CH2O2/c1-13-11-14(2)25(22-13)6-4-17(26)24-5-3-15-16(12-24)20-21-18(15)19(27)23-7-9-28-10-8-23;2-1-3/h11H,3-10,12H2,1-2H3,(H,20,21);1H,(H,2,3). The van der Waals surface area contributed by atoms with E-state index in [1.807, 2.05) is 29.5 Å². The van der Waals surface area contributed by atoms with Gasteiger partial charge in [0.2, 0.25) is 5.91 Å². The molecule has 4 rings (SSSR count). The Morgan fingerprint density at radius 1 is 1.23 bits per heavy atom. The quantitative estimate of drug-likeness (QED) is 0.667. The molecule has 2 aromatic heterocycles. The molecule has 0 radical (unpaired) electrons. The average molecular weight is 432 g/mol. The summed E-state index contributed by atoms with van der Waals surface area (Å²) >= 11 is 0. The van der Waals surface area contributed by atoms with Gasteiger partial charge in [-0.1, -0.05) is 0 Å². The Morgan fingerprint density at radius 3 is 2.58 bits per heavy atom. The number of carbonyl (C=O) groups excluding carboxylic acids is 2. The minimum Gasteiger partial charge on any atom is -0.483 e. The SMILES string of the molecule is Cc1cc(C)n(CCC(=O)N2CCc3c(C(=O)N4CCOCC4)n[nH]c3C2)n1.O=CO. The van der Waals surface area contributed by atoms with E-state index in [-0.39, 0.29) is 18.3 Å². The molecule has 0 saturated carbocycles. The van der Waals surface area contributed by atoms with Crippen molar-refractivity contribution in [1.29, 1.82) is 0 Å². The van der Waals surface area contributed by atoms with E-state index in [0.717, 1.165) is 22.6 Å². The molecule has 2 N–H and O–H groups in total. The number of rotatable bonds is 4. The maximum absolute atomic E-state index is 12.7. The molecule has 0 aromatic carbocycles. The van der Waals surface area contributed by atoms with Crippen LogP contribution in [0.25, 0.3) is 0 Å². The van der Waals surface area contributed by atoms with Crippen LogP contribution < -0.4 is 0 Å². The highest BCUT2D eigenvalue weighted by Crippen LogP contribution is 2.22. The largest absolute Gasteiger partial charge is 0.483 e. The van der Waals surface area contributed by atoms with E-state index >= 15 is 0 Å². The lowest BCUT2D eigenvalue weighted by Gasteiger charge is -2.28. The van der Waals surface area contributed by atoms with Crippen molar-refractivity contribution in [3.8, 4) is 0 Å². The fraction of sp³-hybridized carbons (Fsp3) is 0.550. The molecule has 0 unspecified atom stereocenters. The number of H-pyrrole nitrogens is 1. The van der Waals surface area contributed by atoms with Gasteiger partial charge < -0.3 is 19.6 Å². The first-order valence-electron chi connectivity index (χ1n) is 10.2. The van der Waals surface area contributed by atoms with Gasteiger partial charge in [0.05, 0.1) is 31.1 Å². The van der Waals surface area contributed by atoms with Gasteiger partial charge >= 0.3 is 0 Å². The highest BCUT2D eigenvalue weighted by molar-refractivity contribution is 5.94. The maximum Gasteiger partial charge on any atom is 0.290 e. The Bertz CT molecular complexity index is 931. The number of nitrogens with one attached hydrogen (secondary N) is 1. The highest BCUT2D eigenvalue weighted by Gasteiger charge is 2.30. The zero-order valence-electron chi connectivity index (χ0n) is 17.8. The van der Waals surface area contributed by atoms with Crippen molar-refractivity contribution in [1.82, 2.24) is 29.8 Å². The second-order valence-corrected chi connectivity index (χ2v) is 7.50. The number of ether oxygens (including phenoxy) is 1. The van der Waals surface area contributed by atoms with Gasteiger partial charge in [0.1, 0.15) is 0 Å². The Hall–Kier alpha value is -3.21. The van der Waals surface area contributed by atoms with Crippen LogP contribution in [-0.2, 0) is 33.8 Å². The number of aromatic nitrogens is 4. The van der Waals surface area contributed by atoms with Gasteiger partial charge in [0.25, 0.3) is 12.4 Å². The highest BCUT2D eigenvalue weighted by atomic mass is 16.5. The number of nitrogens with zero attached hydrogens (tertiary/aromatic N) is 5. The number of carboxylic acid groups (broad SMARTS) is 1. The van der Waals surface area contributed by atoms with Crippen LogP contribution in [0.15, 0.2) is 6.07 Å². The molecule has 11 heteroatoms. The molecule has 0 atom stereocenters. The number of hydrogen-bond acceptors (Lipinski definition) is 6. The van der Waals surface area contributed by atoms with Crippen molar-refractivity contribution in [2.24, 2.45) is 0 Å². The van der Waals surface area contributed by atoms with Crippen LogP contribution in [0.5, 0.6) is 0 Å². The predicted octanol–water partition coefficient (Wildman–Crippen LogP) is 0.371. The summed E-state index contributed by atoms with van der Waals surface area (Å²) in [5.41, 5.74) is 4.32. The fourth-order valence-corrected chi connectivity index (χ4v) is 3.88. The van der Waals surface area contributed by atoms with Crippen LogP contribution in [0.1, 0.15) is 39.6 Å². The average Bonchev–Trinajstić information content (AvgIpc) is 3.34. The number of hydrogen-bond donors (Lipinski definition) is 2. The summed E-state index contributed by atoms with van der Waals surface area (Å²) in [7, 11) is 0. The van der Waals surface area contributed by atoms with E-state index in [4.69, 9.17) is 14.6 Å². The third-order valence-corrected chi connectivity index (χ3v) is 5.43. The smallest absolute Gasteiger partial charge is 0.290 e. The van der Waals surface area contributed by atoms with Gasteiger partial charge in [-0.25, -0.2) is 0 Å². The molecular weight excluding hydrogens is 404 g/mol. The topological polar surface area (TPSA) is 134 Å². The summed E-state index contributed by atoms with van der Waals surface area (Å²) in [6, 6.07) is 2.01. The molecule has 31 heavy (non-hydrogen) atoms. The predicted molar refractivity (Wildman–Crippen MR) is 109 cm³/mol. The molecule has 0 spiro atoms. The molecule has 1 saturated heterocycles. The second-order valence-electron chi connectivity index (χ2n) is 7.50. The number of fused-ring (bicyclic) bond motifs is 1. The zero-order valence-corrected chi connectivity index (χ0v) is 17.8. The van der Waals surface area contributed by atoms with Crippen molar-refractivity contribution in [2.45, 2.75) is 39.8 Å². The molecular formula is C20H28N6O5. The first kappa shape index (κ1) is 22.5. The lowest BCUT2D eigenvalue weighted by atomic mass is 10.0. The molecule has 0 aliphatic carbocycles. The van der Waals surface area contributed by atoms with Gasteiger partial charge in [-0.15, -0.1) is 0 Å². The molecule has 2 amide bonds. The second kappa shape index (κ2) is 10.2. The van der Waals surface area contributed by atoms with Crippen LogP contribution in [0.4, 0.5) is 0 Å². The summed E-state index contributed by atoms with van der Waals surface area (Å²) < 4.78 is 7.18. The summed E-state index contributed by atoms with van der Waals surface area (Å²) in [4.78, 5) is 37.4. The number of aromatic amines is 1. The molecule has 11 nitrogen and oxygen atoms in total. The van der Waals surface area contributed by atoms with Crippen LogP contribution >= 0.6 is 0 Å². The molecule has 2 aliphatic heterocycles. The van der Waals surface area contributed by atoms with Gasteiger partial charge in [0.15, 0.2) is 5.69 Å². The normalized spacial score (nSPS) is 15.7. The van der Waals surface area contributed by atoms with E-state index in [0.29, 0.717) is 64.5 Å². The molecule has 1 fully saturated rings. The van der Waals surface area contributed by atoms with Crippen molar-refractivity contribution in [3.63, 3.8) is 0 Å². The Morgan fingerprint density at radius 2 is 1.94 bits per heavy atom. The fourth-order valence-electron chi connectivity index (χ4n) is 3.88. The first-order chi connectivity index (χ1) is 14.9. The van der Waals surface area contributed by atoms with Gasteiger partial charge in [-0.2, -0.15) is 10.2 Å². The Balaban J connectivity index is 0.000000858. The van der Waals surface area contributed by atoms with Crippen molar-refractivity contribution >= 4 is 18.3 Å². The van der Waals surface area contributed by atoms with Gasteiger partial charge in [-0.3, -0.25) is 24.2 Å². The summed E-state index contributed by atoms with van der Waals surface area (Å²) in [6.45, 7) is 7.66. The third-order valence-electron chi connectivity index (χ3n) is 5.43. The van der Waals surface area contributed by atoms with E-state index in [1.165, 1.54) is 0 Å². The Kier molecular flexibility index (Phi) is 7.40.